The van der Waals surface area contributed by atoms with Crippen LogP contribution in [0.25, 0.3) is 0 Å². The molecule has 1 aliphatic rings. The molecule has 102 valence electrons. The molecule has 3 nitrogen and oxygen atoms in total. The fraction of sp³-hybridized carbons (Fsp3) is 1.00. The van der Waals surface area contributed by atoms with Crippen LogP contribution in [0, 0.1) is 11.8 Å². The minimum atomic E-state index is 0.283. The average molecular weight is 242 g/mol. The Hall–Kier alpha value is -0.120. The summed E-state index contributed by atoms with van der Waals surface area (Å²) in [4.78, 5) is 2.60. The minimum Gasteiger partial charge on any atom is -0.396 e. The number of aliphatic hydroxyl groups excluding tert-OH is 1. The van der Waals surface area contributed by atoms with Crippen LogP contribution in [0.1, 0.15) is 40.5 Å². The largest absolute Gasteiger partial charge is 0.396 e. The number of likely N-dealkylation sites (N-methyl/N-ethyl adjacent to an activating group) is 1. The van der Waals surface area contributed by atoms with Gasteiger partial charge >= 0.3 is 0 Å². The fourth-order valence-corrected chi connectivity index (χ4v) is 3.06. The van der Waals surface area contributed by atoms with Gasteiger partial charge in [-0.05, 0) is 38.1 Å². The molecule has 0 bridgehead atoms. The second-order valence-corrected chi connectivity index (χ2v) is 5.78. The summed E-state index contributed by atoms with van der Waals surface area (Å²) in [6.45, 7) is 12.7. The van der Waals surface area contributed by atoms with Gasteiger partial charge in [0.25, 0.3) is 0 Å². The van der Waals surface area contributed by atoms with E-state index < -0.39 is 0 Å². The molecule has 0 aromatic carbocycles. The molecule has 4 atom stereocenters. The van der Waals surface area contributed by atoms with E-state index in [1.807, 2.05) is 0 Å². The first kappa shape index (κ1) is 14.9. The van der Waals surface area contributed by atoms with Crippen molar-refractivity contribution in [2.75, 3.05) is 26.2 Å². The summed E-state index contributed by atoms with van der Waals surface area (Å²) < 4.78 is 0. The van der Waals surface area contributed by atoms with Crippen LogP contribution in [-0.4, -0.2) is 48.3 Å². The predicted octanol–water partition coefficient (Wildman–Crippen LogP) is 1.71. The van der Waals surface area contributed by atoms with E-state index in [4.69, 9.17) is 5.11 Å². The molecule has 0 aromatic rings. The highest BCUT2D eigenvalue weighted by atomic mass is 16.3. The Kier molecular flexibility index (Phi) is 6.45. The number of rotatable bonds is 6. The van der Waals surface area contributed by atoms with Gasteiger partial charge in [-0.3, -0.25) is 4.90 Å². The molecule has 0 saturated carbocycles. The number of piperidine rings is 1. The monoisotopic (exact) mass is 242 g/mol. The van der Waals surface area contributed by atoms with Gasteiger partial charge in [-0.2, -0.15) is 0 Å². The topological polar surface area (TPSA) is 35.5 Å². The van der Waals surface area contributed by atoms with Crippen molar-refractivity contribution in [3.05, 3.63) is 0 Å². The quantitative estimate of drug-likeness (QED) is 0.744. The van der Waals surface area contributed by atoms with E-state index in [0.29, 0.717) is 12.1 Å². The first-order valence-corrected chi connectivity index (χ1v) is 7.16. The van der Waals surface area contributed by atoms with E-state index in [2.05, 4.69) is 37.9 Å². The predicted molar refractivity (Wildman–Crippen MR) is 73.1 cm³/mol. The minimum absolute atomic E-state index is 0.283. The third kappa shape index (κ3) is 4.57. The van der Waals surface area contributed by atoms with Crippen LogP contribution in [0.15, 0.2) is 0 Å². The molecule has 1 saturated heterocycles. The molecule has 1 aliphatic heterocycles. The van der Waals surface area contributed by atoms with E-state index in [1.54, 1.807) is 0 Å². The maximum Gasteiger partial charge on any atom is 0.0446 e. The van der Waals surface area contributed by atoms with E-state index in [-0.39, 0.29) is 6.61 Å². The average Bonchev–Trinajstić information content (AvgIpc) is 2.26. The summed E-state index contributed by atoms with van der Waals surface area (Å²) in [5.74, 6) is 1.59. The number of nitrogens with one attached hydrogen (secondary N) is 1. The number of hydrogen-bond acceptors (Lipinski definition) is 3. The highest BCUT2D eigenvalue weighted by Crippen LogP contribution is 2.26. The summed E-state index contributed by atoms with van der Waals surface area (Å²) in [6.07, 6.45) is 2.21. The van der Waals surface area contributed by atoms with Gasteiger partial charge in [0.1, 0.15) is 0 Å². The molecule has 1 rings (SSSR count). The zero-order valence-corrected chi connectivity index (χ0v) is 11.9. The zero-order valence-electron chi connectivity index (χ0n) is 11.9. The molecule has 1 fully saturated rings. The molecule has 4 unspecified atom stereocenters. The van der Waals surface area contributed by atoms with Crippen LogP contribution in [-0.2, 0) is 0 Å². The maximum atomic E-state index is 9.10. The van der Waals surface area contributed by atoms with Crippen molar-refractivity contribution in [3.8, 4) is 0 Å². The van der Waals surface area contributed by atoms with Gasteiger partial charge in [0, 0.05) is 31.8 Å². The smallest absolute Gasteiger partial charge is 0.0446 e. The fourth-order valence-electron chi connectivity index (χ4n) is 3.06. The lowest BCUT2D eigenvalue weighted by atomic mass is 9.85. The van der Waals surface area contributed by atoms with Crippen LogP contribution in [0.5, 0.6) is 0 Å². The van der Waals surface area contributed by atoms with Crippen molar-refractivity contribution in [3.63, 3.8) is 0 Å². The summed E-state index contributed by atoms with van der Waals surface area (Å²) in [5.41, 5.74) is 0. The van der Waals surface area contributed by atoms with Gasteiger partial charge in [-0.25, -0.2) is 0 Å². The summed E-state index contributed by atoms with van der Waals surface area (Å²) in [7, 11) is 0. The van der Waals surface area contributed by atoms with Crippen LogP contribution in [0.4, 0.5) is 0 Å². The third-order valence-corrected chi connectivity index (χ3v) is 4.15. The van der Waals surface area contributed by atoms with E-state index in [9.17, 15) is 0 Å². The van der Waals surface area contributed by atoms with Gasteiger partial charge in [0.15, 0.2) is 0 Å². The molecule has 0 aliphatic carbocycles. The highest BCUT2D eigenvalue weighted by molar-refractivity contribution is 4.84. The van der Waals surface area contributed by atoms with Crippen LogP contribution in [0.2, 0.25) is 0 Å². The Labute approximate surface area is 107 Å². The molecule has 3 heteroatoms. The Balaban J connectivity index is 2.51. The molecule has 2 N–H and O–H groups in total. The highest BCUT2D eigenvalue weighted by Gasteiger charge is 2.29. The molecular formula is C14H30N2O. The Morgan fingerprint density at radius 1 is 1.35 bits per heavy atom. The van der Waals surface area contributed by atoms with Gasteiger partial charge < -0.3 is 10.4 Å². The van der Waals surface area contributed by atoms with Gasteiger partial charge in [-0.15, -0.1) is 0 Å². The molecule has 0 radical (unpaired) electrons. The zero-order chi connectivity index (χ0) is 12.8. The number of likely N-dealkylation sites (tertiary alicyclic amines) is 1. The Morgan fingerprint density at radius 2 is 2.06 bits per heavy atom. The molecule has 0 amide bonds. The third-order valence-electron chi connectivity index (χ3n) is 4.15. The molecule has 0 aromatic heterocycles. The van der Waals surface area contributed by atoms with Crippen LogP contribution >= 0.6 is 0 Å². The van der Waals surface area contributed by atoms with Crippen LogP contribution < -0.4 is 5.32 Å². The lowest BCUT2D eigenvalue weighted by molar-refractivity contribution is 0.0671. The molecular weight excluding hydrogens is 212 g/mol. The Morgan fingerprint density at radius 3 is 2.65 bits per heavy atom. The number of hydrogen-bond donors (Lipinski definition) is 2. The van der Waals surface area contributed by atoms with E-state index in [0.717, 1.165) is 31.3 Å². The summed E-state index contributed by atoms with van der Waals surface area (Å²) in [5, 5.41) is 12.6. The van der Waals surface area contributed by atoms with Gasteiger partial charge in [0.05, 0.1) is 0 Å². The van der Waals surface area contributed by atoms with Crippen molar-refractivity contribution in [2.24, 2.45) is 11.8 Å². The first-order chi connectivity index (χ1) is 8.08. The lowest BCUT2D eigenvalue weighted by Crippen LogP contribution is -2.51. The van der Waals surface area contributed by atoms with Crippen molar-refractivity contribution < 1.29 is 5.11 Å². The van der Waals surface area contributed by atoms with Crippen molar-refractivity contribution in [1.82, 2.24) is 10.2 Å². The summed E-state index contributed by atoms with van der Waals surface area (Å²) >= 11 is 0. The van der Waals surface area contributed by atoms with Crippen molar-refractivity contribution in [2.45, 2.75) is 52.6 Å². The van der Waals surface area contributed by atoms with Gasteiger partial charge in [0.2, 0.25) is 0 Å². The second-order valence-electron chi connectivity index (χ2n) is 5.78. The van der Waals surface area contributed by atoms with Crippen molar-refractivity contribution in [1.29, 1.82) is 0 Å². The van der Waals surface area contributed by atoms with Gasteiger partial charge in [-0.1, -0.05) is 20.8 Å². The molecule has 0 spiro atoms. The lowest BCUT2D eigenvalue weighted by Gasteiger charge is -2.42. The van der Waals surface area contributed by atoms with Crippen molar-refractivity contribution >= 4 is 0 Å². The first-order valence-electron chi connectivity index (χ1n) is 7.16. The Bertz CT molecular complexity index is 204. The summed E-state index contributed by atoms with van der Waals surface area (Å²) in [6, 6.07) is 1.11. The molecule has 1 heterocycles. The van der Waals surface area contributed by atoms with E-state index in [1.165, 1.54) is 13.0 Å². The number of nitrogens with zero attached hydrogens (tertiary/aromatic N) is 1. The van der Waals surface area contributed by atoms with Crippen LogP contribution in [0.3, 0.4) is 0 Å². The normalized spacial score (nSPS) is 32.6. The number of aliphatic hydroxyl groups is 1. The standard InChI is InChI=1S/C14H30N2O/c1-5-15-14(6-7-17)10-16-9-11(2)8-12(3)13(16)4/h11-15,17H,5-10H2,1-4H3. The SMILES string of the molecule is CCNC(CCO)CN1CC(C)CC(C)C1C. The second kappa shape index (κ2) is 7.34. The van der Waals surface area contributed by atoms with E-state index >= 15 is 0 Å². The maximum absolute atomic E-state index is 9.10. The molecule has 17 heavy (non-hydrogen) atoms.